The van der Waals surface area contributed by atoms with Crippen molar-refractivity contribution in [3.05, 3.63) is 59.7 Å². The molecule has 1 amide bonds. The van der Waals surface area contributed by atoms with Gasteiger partial charge in [0.15, 0.2) is 0 Å². The molecule has 0 aromatic heterocycles. The molecule has 0 saturated heterocycles. The van der Waals surface area contributed by atoms with E-state index < -0.39 is 0 Å². The van der Waals surface area contributed by atoms with E-state index in [1.165, 1.54) is 6.92 Å². The maximum absolute atomic E-state index is 11.4. The molecule has 5 N–H and O–H groups in total. The van der Waals surface area contributed by atoms with Gasteiger partial charge in [-0.3, -0.25) is 4.79 Å². The molecular weight excluding hydrogens is 250 g/mol. The van der Waals surface area contributed by atoms with Gasteiger partial charge in [0.05, 0.1) is 6.04 Å². The first-order valence-electron chi connectivity index (χ1n) is 6.53. The lowest BCUT2D eigenvalue weighted by atomic mass is 9.96. The minimum Gasteiger partial charge on any atom is -0.399 e. The third kappa shape index (κ3) is 3.29. The van der Waals surface area contributed by atoms with Crippen LogP contribution in [0.15, 0.2) is 48.5 Å². The summed E-state index contributed by atoms with van der Waals surface area (Å²) in [6, 6.07) is 15.0. The smallest absolute Gasteiger partial charge is 0.217 e. The van der Waals surface area contributed by atoms with Crippen LogP contribution in [0.4, 0.5) is 11.4 Å². The minimum absolute atomic E-state index is 0.0900. The standard InChI is InChI=1S/C16H19N3O/c1-11(20)19-16(13-7-3-5-9-15(13)18)10-12-6-2-4-8-14(12)17/h2-9,16H,10,17-18H2,1H3,(H,19,20). The summed E-state index contributed by atoms with van der Waals surface area (Å²) in [6.07, 6.45) is 0.612. The van der Waals surface area contributed by atoms with E-state index in [0.717, 1.165) is 16.8 Å². The van der Waals surface area contributed by atoms with E-state index in [2.05, 4.69) is 5.32 Å². The van der Waals surface area contributed by atoms with Crippen LogP contribution in [-0.4, -0.2) is 5.91 Å². The Labute approximate surface area is 118 Å². The molecule has 0 radical (unpaired) electrons. The van der Waals surface area contributed by atoms with Gasteiger partial charge in [-0.25, -0.2) is 0 Å². The van der Waals surface area contributed by atoms with Crippen molar-refractivity contribution in [3.8, 4) is 0 Å². The highest BCUT2D eigenvalue weighted by Crippen LogP contribution is 2.25. The Balaban J connectivity index is 2.32. The number of nitrogens with two attached hydrogens (primary N) is 2. The van der Waals surface area contributed by atoms with Crippen molar-refractivity contribution in [1.82, 2.24) is 5.32 Å². The summed E-state index contributed by atoms with van der Waals surface area (Å²) in [5.41, 5.74) is 15.3. The summed E-state index contributed by atoms with van der Waals surface area (Å²) in [6.45, 7) is 1.50. The van der Waals surface area contributed by atoms with Crippen LogP contribution in [0.2, 0.25) is 0 Å². The van der Waals surface area contributed by atoms with E-state index in [0.29, 0.717) is 12.1 Å². The van der Waals surface area contributed by atoms with Crippen LogP contribution >= 0.6 is 0 Å². The maximum Gasteiger partial charge on any atom is 0.217 e. The predicted octanol–water partition coefficient (Wildman–Crippen LogP) is 2.27. The molecule has 2 aromatic rings. The number of amides is 1. The Kier molecular flexibility index (Phi) is 4.25. The molecule has 0 fully saturated rings. The molecule has 20 heavy (non-hydrogen) atoms. The van der Waals surface area contributed by atoms with Crippen LogP contribution in [0.25, 0.3) is 0 Å². The first-order valence-corrected chi connectivity index (χ1v) is 6.53. The highest BCUT2D eigenvalue weighted by Gasteiger charge is 2.16. The van der Waals surface area contributed by atoms with Gasteiger partial charge in [0.1, 0.15) is 0 Å². The predicted molar refractivity (Wildman–Crippen MR) is 82.0 cm³/mol. The van der Waals surface area contributed by atoms with Crippen molar-refractivity contribution >= 4 is 17.3 Å². The van der Waals surface area contributed by atoms with Gasteiger partial charge in [-0.05, 0) is 29.7 Å². The van der Waals surface area contributed by atoms with Crippen LogP contribution in [0.3, 0.4) is 0 Å². The third-order valence-corrected chi connectivity index (χ3v) is 3.23. The number of nitrogens with one attached hydrogen (secondary N) is 1. The number of hydrogen-bond acceptors (Lipinski definition) is 3. The van der Waals surface area contributed by atoms with Crippen molar-refractivity contribution in [1.29, 1.82) is 0 Å². The van der Waals surface area contributed by atoms with E-state index in [1.54, 1.807) is 0 Å². The molecule has 0 aliphatic carbocycles. The first kappa shape index (κ1) is 13.9. The molecule has 4 heteroatoms. The number of benzene rings is 2. The van der Waals surface area contributed by atoms with Crippen LogP contribution in [-0.2, 0) is 11.2 Å². The topological polar surface area (TPSA) is 81.1 Å². The van der Waals surface area contributed by atoms with Crippen molar-refractivity contribution in [2.75, 3.05) is 11.5 Å². The molecule has 0 spiro atoms. The van der Waals surface area contributed by atoms with Gasteiger partial charge in [0.25, 0.3) is 0 Å². The number of nitrogen functional groups attached to an aromatic ring is 2. The summed E-state index contributed by atoms with van der Waals surface area (Å²) < 4.78 is 0. The van der Waals surface area contributed by atoms with E-state index >= 15 is 0 Å². The summed E-state index contributed by atoms with van der Waals surface area (Å²) in [4.78, 5) is 11.4. The molecule has 2 rings (SSSR count). The number of anilines is 2. The van der Waals surface area contributed by atoms with Gasteiger partial charge >= 0.3 is 0 Å². The summed E-state index contributed by atoms with van der Waals surface area (Å²) in [5.74, 6) is -0.0900. The lowest BCUT2D eigenvalue weighted by Crippen LogP contribution is -2.28. The van der Waals surface area contributed by atoms with Crippen molar-refractivity contribution < 1.29 is 4.79 Å². The zero-order chi connectivity index (χ0) is 14.5. The Morgan fingerprint density at radius 1 is 1.05 bits per heavy atom. The number of carbonyl (C=O) groups is 1. The molecule has 0 bridgehead atoms. The molecule has 1 atom stereocenters. The first-order chi connectivity index (χ1) is 9.58. The summed E-state index contributed by atoms with van der Waals surface area (Å²) in [7, 11) is 0. The van der Waals surface area contributed by atoms with Gasteiger partial charge in [-0.1, -0.05) is 36.4 Å². The maximum atomic E-state index is 11.4. The monoisotopic (exact) mass is 269 g/mol. The van der Waals surface area contributed by atoms with E-state index in [-0.39, 0.29) is 11.9 Å². The van der Waals surface area contributed by atoms with E-state index in [9.17, 15) is 4.79 Å². The van der Waals surface area contributed by atoms with Crippen LogP contribution in [0, 0.1) is 0 Å². The van der Waals surface area contributed by atoms with Crippen LogP contribution in [0.1, 0.15) is 24.1 Å². The molecule has 4 nitrogen and oxygen atoms in total. The molecule has 0 heterocycles. The van der Waals surface area contributed by atoms with Gasteiger partial charge < -0.3 is 16.8 Å². The van der Waals surface area contributed by atoms with Crippen LogP contribution < -0.4 is 16.8 Å². The number of para-hydroxylation sites is 2. The van der Waals surface area contributed by atoms with Gasteiger partial charge in [-0.15, -0.1) is 0 Å². The van der Waals surface area contributed by atoms with Crippen molar-refractivity contribution in [2.45, 2.75) is 19.4 Å². The number of carbonyl (C=O) groups excluding carboxylic acids is 1. The molecule has 0 aliphatic heterocycles. The fraction of sp³-hybridized carbons (Fsp3) is 0.188. The SMILES string of the molecule is CC(=O)NC(Cc1ccccc1N)c1ccccc1N. The summed E-state index contributed by atoms with van der Waals surface area (Å²) >= 11 is 0. The third-order valence-electron chi connectivity index (χ3n) is 3.23. The Hall–Kier alpha value is -2.49. The second-order valence-electron chi connectivity index (χ2n) is 4.78. The Morgan fingerprint density at radius 2 is 1.65 bits per heavy atom. The van der Waals surface area contributed by atoms with Gasteiger partial charge in [0.2, 0.25) is 5.91 Å². The Morgan fingerprint density at radius 3 is 2.25 bits per heavy atom. The zero-order valence-electron chi connectivity index (χ0n) is 11.5. The fourth-order valence-corrected chi connectivity index (χ4v) is 2.25. The highest BCUT2D eigenvalue weighted by molar-refractivity contribution is 5.74. The number of rotatable bonds is 4. The van der Waals surface area contributed by atoms with Crippen molar-refractivity contribution in [2.24, 2.45) is 0 Å². The summed E-state index contributed by atoms with van der Waals surface area (Å²) in [5, 5.41) is 2.94. The van der Waals surface area contributed by atoms with Gasteiger partial charge in [-0.2, -0.15) is 0 Å². The molecule has 0 saturated carbocycles. The highest BCUT2D eigenvalue weighted by atomic mass is 16.1. The quantitative estimate of drug-likeness (QED) is 0.745. The van der Waals surface area contributed by atoms with E-state index in [4.69, 9.17) is 11.5 Å². The second kappa shape index (κ2) is 6.10. The fourth-order valence-electron chi connectivity index (χ4n) is 2.25. The molecule has 0 aliphatic rings. The van der Waals surface area contributed by atoms with Crippen LogP contribution in [0.5, 0.6) is 0 Å². The molecule has 1 unspecified atom stereocenters. The lowest BCUT2D eigenvalue weighted by molar-refractivity contribution is -0.119. The normalized spacial score (nSPS) is 11.8. The van der Waals surface area contributed by atoms with E-state index in [1.807, 2.05) is 48.5 Å². The number of hydrogen-bond donors (Lipinski definition) is 3. The lowest BCUT2D eigenvalue weighted by Gasteiger charge is -2.21. The second-order valence-corrected chi connectivity index (χ2v) is 4.78. The molecule has 2 aromatic carbocycles. The largest absolute Gasteiger partial charge is 0.399 e. The van der Waals surface area contributed by atoms with Gasteiger partial charge in [0, 0.05) is 18.3 Å². The van der Waals surface area contributed by atoms with Crippen molar-refractivity contribution in [3.63, 3.8) is 0 Å². The molecular formula is C16H19N3O. The average Bonchev–Trinajstić information content (AvgIpc) is 2.40. The molecule has 104 valence electrons. The Bertz CT molecular complexity index is 610. The zero-order valence-corrected chi connectivity index (χ0v) is 11.5. The minimum atomic E-state index is -0.182. The average molecular weight is 269 g/mol.